The Morgan fingerprint density at radius 2 is 2.12 bits per heavy atom. The van der Waals surface area contributed by atoms with Crippen LogP contribution >= 0.6 is 0 Å². The van der Waals surface area contributed by atoms with Gasteiger partial charge in [-0.3, -0.25) is 19.7 Å². The third-order valence-corrected chi connectivity index (χ3v) is 1.75. The summed E-state index contributed by atoms with van der Waals surface area (Å²) in [6.07, 6.45) is -2.66. The number of pyridine rings is 1. The highest BCUT2D eigenvalue weighted by molar-refractivity contribution is 5.94. The van der Waals surface area contributed by atoms with Gasteiger partial charge in [0, 0.05) is 0 Å². The first-order valence-electron chi connectivity index (χ1n) is 3.84. The van der Waals surface area contributed by atoms with Gasteiger partial charge >= 0.3 is 5.69 Å². The molecule has 0 saturated carbocycles. The number of H-pyrrole nitrogens is 1. The minimum Gasteiger partial charge on any atom is -0.365 e. The van der Waals surface area contributed by atoms with Crippen LogP contribution in [0.4, 0.5) is 14.5 Å². The number of rotatable bonds is 3. The van der Waals surface area contributed by atoms with E-state index in [9.17, 15) is 28.5 Å². The van der Waals surface area contributed by atoms with Gasteiger partial charge in [-0.2, -0.15) is 0 Å². The molecule has 0 saturated heterocycles. The lowest BCUT2D eigenvalue weighted by molar-refractivity contribution is -0.386. The Labute approximate surface area is 86.0 Å². The quantitative estimate of drug-likeness (QED) is 0.576. The Balaban J connectivity index is 3.61. The van der Waals surface area contributed by atoms with E-state index < -0.39 is 39.6 Å². The fraction of sp³-hybridized carbons (Fsp3) is 0.143. The van der Waals surface area contributed by atoms with E-state index in [1.807, 2.05) is 4.98 Å². The summed E-state index contributed by atoms with van der Waals surface area (Å²) < 4.78 is 24.7. The van der Waals surface area contributed by atoms with Gasteiger partial charge in [0.05, 0.1) is 16.8 Å². The van der Waals surface area contributed by atoms with Crippen molar-refractivity contribution in [1.29, 1.82) is 0 Å². The summed E-state index contributed by atoms with van der Waals surface area (Å²) in [5.41, 5.74) is 0.149. The van der Waals surface area contributed by atoms with Crippen molar-refractivity contribution in [1.82, 2.24) is 4.98 Å². The molecule has 1 aromatic rings. The van der Waals surface area contributed by atoms with Crippen LogP contribution in [0.25, 0.3) is 0 Å². The lowest BCUT2D eigenvalue weighted by atomic mass is 10.1. The van der Waals surface area contributed by atoms with Crippen molar-refractivity contribution in [2.75, 3.05) is 0 Å². The standard InChI is InChI=1S/C7H5F2N3O4/c8-6(9)4-3(7(10)14)5(13)2(1-11-4)12(15)16/h1,6H,(H2,10,14)(H,11,13). The number of nitrogens with two attached hydrogens (primary N) is 1. The van der Waals surface area contributed by atoms with Gasteiger partial charge in [-0.1, -0.05) is 0 Å². The number of hydrogen-bond donors (Lipinski definition) is 2. The average molecular weight is 233 g/mol. The highest BCUT2D eigenvalue weighted by Gasteiger charge is 2.26. The molecule has 0 unspecified atom stereocenters. The molecule has 3 N–H and O–H groups in total. The van der Waals surface area contributed by atoms with E-state index in [1.165, 1.54) is 0 Å². The number of halogens is 2. The van der Waals surface area contributed by atoms with Crippen molar-refractivity contribution in [3.63, 3.8) is 0 Å². The highest BCUT2D eigenvalue weighted by Crippen LogP contribution is 2.19. The fourth-order valence-electron chi connectivity index (χ4n) is 1.09. The maximum Gasteiger partial charge on any atom is 0.332 e. The molecule has 1 heterocycles. The van der Waals surface area contributed by atoms with Gasteiger partial charge in [0.15, 0.2) is 0 Å². The van der Waals surface area contributed by atoms with Crippen molar-refractivity contribution in [3.8, 4) is 0 Å². The van der Waals surface area contributed by atoms with Gasteiger partial charge in [-0.05, 0) is 0 Å². The number of amides is 1. The Bertz CT molecular complexity index is 511. The second kappa shape index (κ2) is 4.04. The largest absolute Gasteiger partial charge is 0.365 e. The third-order valence-electron chi connectivity index (χ3n) is 1.75. The second-order valence-corrected chi connectivity index (χ2v) is 2.71. The first kappa shape index (κ1) is 11.8. The summed E-state index contributed by atoms with van der Waals surface area (Å²) in [6, 6.07) is 0. The number of hydrogen-bond acceptors (Lipinski definition) is 4. The number of carbonyl (C=O) groups is 1. The van der Waals surface area contributed by atoms with Crippen molar-refractivity contribution < 1.29 is 18.5 Å². The van der Waals surface area contributed by atoms with Crippen molar-refractivity contribution >= 4 is 11.6 Å². The van der Waals surface area contributed by atoms with Gasteiger partial charge in [-0.15, -0.1) is 0 Å². The van der Waals surface area contributed by atoms with E-state index in [-0.39, 0.29) is 0 Å². The van der Waals surface area contributed by atoms with Gasteiger partial charge < -0.3 is 10.7 Å². The summed E-state index contributed by atoms with van der Waals surface area (Å²) in [7, 11) is 0. The van der Waals surface area contributed by atoms with Crippen molar-refractivity contribution in [3.05, 3.63) is 37.8 Å². The van der Waals surface area contributed by atoms with Crippen LogP contribution in [0, 0.1) is 10.1 Å². The molecule has 0 bridgehead atoms. The number of nitro groups is 1. The van der Waals surface area contributed by atoms with Crippen LogP contribution in [0.2, 0.25) is 0 Å². The van der Waals surface area contributed by atoms with Crippen LogP contribution < -0.4 is 11.2 Å². The maximum atomic E-state index is 12.4. The van der Waals surface area contributed by atoms with E-state index in [0.717, 1.165) is 0 Å². The minimum atomic E-state index is -3.16. The lowest BCUT2D eigenvalue weighted by Crippen LogP contribution is -2.26. The maximum absolute atomic E-state index is 12.4. The molecule has 0 aliphatic heterocycles. The van der Waals surface area contributed by atoms with Crippen LogP contribution in [0.3, 0.4) is 0 Å². The lowest BCUT2D eigenvalue weighted by Gasteiger charge is -2.04. The number of aromatic amines is 1. The second-order valence-electron chi connectivity index (χ2n) is 2.71. The van der Waals surface area contributed by atoms with Crippen LogP contribution in [-0.2, 0) is 0 Å². The molecule has 0 radical (unpaired) electrons. The van der Waals surface area contributed by atoms with Crippen LogP contribution in [0.15, 0.2) is 11.0 Å². The molecular formula is C7H5F2N3O4. The van der Waals surface area contributed by atoms with Crippen LogP contribution in [-0.4, -0.2) is 15.8 Å². The fourth-order valence-corrected chi connectivity index (χ4v) is 1.09. The molecule has 0 aliphatic rings. The Morgan fingerprint density at radius 3 is 2.50 bits per heavy atom. The van der Waals surface area contributed by atoms with Gasteiger partial charge in [0.25, 0.3) is 17.8 Å². The number of nitrogens with one attached hydrogen (secondary N) is 1. The first-order chi connectivity index (χ1) is 7.36. The van der Waals surface area contributed by atoms with E-state index in [0.29, 0.717) is 6.20 Å². The summed E-state index contributed by atoms with van der Waals surface area (Å²) in [4.78, 5) is 33.1. The first-order valence-corrected chi connectivity index (χ1v) is 3.84. The summed E-state index contributed by atoms with van der Waals surface area (Å²) in [5.74, 6) is -1.44. The van der Waals surface area contributed by atoms with E-state index >= 15 is 0 Å². The van der Waals surface area contributed by atoms with Gasteiger partial charge in [0.1, 0.15) is 5.56 Å². The molecule has 0 aliphatic carbocycles. The summed E-state index contributed by atoms with van der Waals surface area (Å²) in [5, 5.41) is 10.3. The van der Waals surface area contributed by atoms with Crippen molar-refractivity contribution in [2.45, 2.75) is 6.43 Å². The molecule has 16 heavy (non-hydrogen) atoms. The average Bonchev–Trinajstić information content (AvgIpc) is 2.15. The molecule has 1 rings (SSSR count). The molecule has 0 atom stereocenters. The number of alkyl halides is 2. The van der Waals surface area contributed by atoms with Gasteiger partial charge in [-0.25, -0.2) is 8.78 Å². The SMILES string of the molecule is NC(=O)c1c(C(F)F)[nH]cc([N+](=O)[O-])c1=O. The number of nitrogens with zero attached hydrogens (tertiary/aromatic N) is 1. The number of carbonyl (C=O) groups excluding carboxylic acids is 1. The van der Waals surface area contributed by atoms with E-state index in [1.54, 1.807) is 0 Å². The zero-order valence-electron chi connectivity index (χ0n) is 7.57. The summed E-state index contributed by atoms with van der Waals surface area (Å²) >= 11 is 0. The Morgan fingerprint density at radius 1 is 1.56 bits per heavy atom. The zero-order valence-corrected chi connectivity index (χ0v) is 7.57. The molecule has 0 spiro atoms. The summed E-state index contributed by atoms with van der Waals surface area (Å²) in [6.45, 7) is 0. The van der Waals surface area contributed by atoms with Crippen LogP contribution in [0.5, 0.6) is 0 Å². The zero-order chi connectivity index (χ0) is 12.5. The Hall–Kier alpha value is -2.32. The normalized spacial score (nSPS) is 10.4. The molecule has 0 aromatic carbocycles. The molecule has 0 fully saturated rings. The number of primary amides is 1. The predicted molar refractivity (Wildman–Crippen MR) is 47.2 cm³/mol. The topological polar surface area (TPSA) is 119 Å². The van der Waals surface area contributed by atoms with Gasteiger partial charge in [0.2, 0.25) is 0 Å². The highest BCUT2D eigenvalue weighted by atomic mass is 19.3. The van der Waals surface area contributed by atoms with E-state index in [4.69, 9.17) is 5.73 Å². The van der Waals surface area contributed by atoms with Crippen LogP contribution in [0.1, 0.15) is 22.5 Å². The number of aromatic nitrogens is 1. The van der Waals surface area contributed by atoms with E-state index in [2.05, 4.69) is 0 Å². The molecule has 1 amide bonds. The molecular weight excluding hydrogens is 228 g/mol. The smallest absolute Gasteiger partial charge is 0.332 e. The molecule has 86 valence electrons. The monoisotopic (exact) mass is 233 g/mol. The molecule has 1 aromatic heterocycles. The Kier molecular flexibility index (Phi) is 2.97. The molecule has 7 nitrogen and oxygen atoms in total. The van der Waals surface area contributed by atoms with Crippen molar-refractivity contribution in [2.24, 2.45) is 5.73 Å². The molecule has 9 heteroatoms. The third kappa shape index (κ3) is 1.87. The predicted octanol–water partition coefficient (Wildman–Crippen LogP) is 0.320. The minimum absolute atomic E-state index is 0.496.